The monoisotopic (exact) mass is 415 g/mol. The summed E-state index contributed by atoms with van der Waals surface area (Å²) in [5.41, 5.74) is 1.23. The Hall–Kier alpha value is -1.82. The molecule has 0 bridgehead atoms. The van der Waals surface area contributed by atoms with Gasteiger partial charge in [0.05, 0.1) is 12.2 Å². The molecule has 1 aliphatic heterocycles. The van der Waals surface area contributed by atoms with E-state index in [1.165, 1.54) is 10.5 Å². The van der Waals surface area contributed by atoms with Crippen LogP contribution in [-0.4, -0.2) is 52.6 Å². The molecular weight excluding hydrogens is 382 g/mol. The van der Waals surface area contributed by atoms with E-state index in [-0.39, 0.29) is 5.91 Å². The Bertz CT molecular complexity index is 691. The second kappa shape index (κ2) is 13.4. The van der Waals surface area contributed by atoms with Gasteiger partial charge in [-0.3, -0.25) is 4.79 Å². The summed E-state index contributed by atoms with van der Waals surface area (Å²) in [5.74, 6) is 0.141. The van der Waals surface area contributed by atoms with Crippen molar-refractivity contribution in [2.24, 2.45) is 0 Å². The number of aliphatic hydroxyl groups excluding tert-OH is 2. The third-order valence-corrected chi connectivity index (χ3v) is 5.74. The average Bonchev–Trinajstić information content (AvgIpc) is 3.28. The Morgan fingerprint density at radius 2 is 1.59 bits per heavy atom. The largest absolute Gasteiger partial charge is 0.389 e. The third kappa shape index (κ3) is 9.48. The molecule has 2 rings (SSSR count). The maximum Gasteiger partial charge on any atom is 0.222 e. The number of thioether (sulfide) groups is 1. The van der Waals surface area contributed by atoms with Crippen molar-refractivity contribution in [3.63, 3.8) is 0 Å². The van der Waals surface area contributed by atoms with Gasteiger partial charge in [-0.25, -0.2) is 0 Å². The van der Waals surface area contributed by atoms with Crippen molar-refractivity contribution < 1.29 is 15.0 Å². The Kier molecular flexibility index (Phi) is 10.8. The molecule has 1 saturated heterocycles. The minimum absolute atomic E-state index is 0.141. The van der Waals surface area contributed by atoms with Crippen LogP contribution in [0.2, 0.25) is 0 Å². The van der Waals surface area contributed by atoms with Gasteiger partial charge in [0.25, 0.3) is 0 Å². The van der Waals surface area contributed by atoms with E-state index in [1.54, 1.807) is 30.0 Å². The number of aryl methyl sites for hydroxylation is 1. The van der Waals surface area contributed by atoms with E-state index in [1.807, 2.05) is 23.1 Å². The number of carbonyl (C=O) groups excluding carboxylic acids is 1. The van der Waals surface area contributed by atoms with Crippen LogP contribution >= 0.6 is 11.8 Å². The summed E-state index contributed by atoms with van der Waals surface area (Å²) in [6.07, 6.45) is 16.2. The number of likely N-dealkylation sites (tertiary alicyclic amines) is 1. The summed E-state index contributed by atoms with van der Waals surface area (Å²) >= 11 is 1.72. The molecule has 2 unspecified atom stereocenters. The summed E-state index contributed by atoms with van der Waals surface area (Å²) in [5, 5.41) is 20.0. The molecule has 1 fully saturated rings. The first kappa shape index (κ1) is 23.5. The van der Waals surface area contributed by atoms with Crippen LogP contribution in [0.5, 0.6) is 0 Å². The predicted molar refractivity (Wildman–Crippen MR) is 121 cm³/mol. The van der Waals surface area contributed by atoms with Gasteiger partial charge in [-0.05, 0) is 56.1 Å². The first-order chi connectivity index (χ1) is 14.1. The molecule has 1 amide bonds. The zero-order valence-electron chi connectivity index (χ0n) is 17.2. The van der Waals surface area contributed by atoms with E-state index in [4.69, 9.17) is 0 Å². The lowest BCUT2D eigenvalue weighted by molar-refractivity contribution is -0.130. The molecule has 0 aromatic heterocycles. The number of amides is 1. The van der Waals surface area contributed by atoms with E-state index in [2.05, 4.69) is 30.5 Å². The van der Waals surface area contributed by atoms with Crippen LogP contribution in [0.1, 0.15) is 37.7 Å². The molecule has 5 heteroatoms. The lowest BCUT2D eigenvalue weighted by atomic mass is 10.1. The molecule has 29 heavy (non-hydrogen) atoms. The maximum atomic E-state index is 11.9. The summed E-state index contributed by atoms with van der Waals surface area (Å²) in [7, 11) is 0. The number of nitrogens with zero attached hydrogens (tertiary/aromatic N) is 1. The molecular formula is C24H33NO3S. The van der Waals surface area contributed by atoms with Gasteiger partial charge in [-0.2, -0.15) is 0 Å². The molecule has 2 atom stereocenters. The number of aliphatic hydroxyl groups is 2. The quantitative estimate of drug-likeness (QED) is 0.421. The van der Waals surface area contributed by atoms with Gasteiger partial charge in [0.15, 0.2) is 0 Å². The van der Waals surface area contributed by atoms with Gasteiger partial charge >= 0.3 is 0 Å². The topological polar surface area (TPSA) is 60.8 Å². The van der Waals surface area contributed by atoms with Crippen LogP contribution in [0.3, 0.4) is 0 Å². The summed E-state index contributed by atoms with van der Waals surface area (Å²) < 4.78 is 0. The van der Waals surface area contributed by atoms with E-state index < -0.39 is 12.2 Å². The predicted octanol–water partition coefficient (Wildman–Crippen LogP) is 4.13. The molecule has 0 radical (unpaired) electrons. The minimum Gasteiger partial charge on any atom is -0.389 e. The van der Waals surface area contributed by atoms with E-state index in [0.717, 1.165) is 32.4 Å². The van der Waals surface area contributed by atoms with Gasteiger partial charge in [-0.15, -0.1) is 11.8 Å². The summed E-state index contributed by atoms with van der Waals surface area (Å²) in [4.78, 5) is 15.1. The van der Waals surface area contributed by atoms with Gasteiger partial charge in [0.1, 0.15) is 0 Å². The van der Waals surface area contributed by atoms with Crippen molar-refractivity contribution in [2.75, 3.05) is 19.3 Å². The molecule has 0 aliphatic carbocycles. The normalized spacial score (nSPS) is 17.0. The smallest absolute Gasteiger partial charge is 0.222 e. The van der Waals surface area contributed by atoms with Gasteiger partial charge < -0.3 is 15.1 Å². The number of rotatable bonds is 11. The zero-order chi connectivity index (χ0) is 20.9. The van der Waals surface area contributed by atoms with Crippen LogP contribution in [-0.2, 0) is 11.2 Å². The van der Waals surface area contributed by atoms with Crippen molar-refractivity contribution in [3.05, 3.63) is 66.3 Å². The molecule has 2 N–H and O–H groups in total. The fraction of sp³-hybridized carbons (Fsp3) is 0.458. The highest BCUT2D eigenvalue weighted by molar-refractivity contribution is 7.98. The van der Waals surface area contributed by atoms with Crippen LogP contribution < -0.4 is 0 Å². The first-order valence-corrected chi connectivity index (χ1v) is 11.6. The SMILES string of the molecule is CSc1ccc(CCC(O)/C=C/C=C\C=C\C(O)CCC(=O)N2CCCC2)cc1. The van der Waals surface area contributed by atoms with Gasteiger partial charge in [-0.1, -0.05) is 48.6 Å². The van der Waals surface area contributed by atoms with Gasteiger partial charge in [0, 0.05) is 24.4 Å². The molecule has 0 saturated carbocycles. The Morgan fingerprint density at radius 1 is 1.00 bits per heavy atom. The fourth-order valence-electron chi connectivity index (χ4n) is 3.21. The highest BCUT2D eigenvalue weighted by atomic mass is 32.2. The van der Waals surface area contributed by atoms with Crippen molar-refractivity contribution in [3.8, 4) is 0 Å². The van der Waals surface area contributed by atoms with Crippen LogP contribution in [0.4, 0.5) is 0 Å². The summed E-state index contributed by atoms with van der Waals surface area (Å²) in [6, 6.07) is 8.43. The van der Waals surface area contributed by atoms with Crippen LogP contribution in [0.15, 0.2) is 65.6 Å². The standard InChI is InChI=1S/C24H33NO3S/c1-29-23-15-11-20(12-16-23)10-13-21(26)8-4-2-3-5-9-22(27)14-17-24(28)25-18-6-7-19-25/h2-5,8-9,11-12,15-16,21-22,26-27H,6-7,10,13-14,17-19H2,1H3/b3-2-,8-4+,9-5+. The zero-order valence-corrected chi connectivity index (χ0v) is 18.1. The molecule has 158 valence electrons. The average molecular weight is 416 g/mol. The van der Waals surface area contributed by atoms with Crippen molar-refractivity contribution in [1.82, 2.24) is 4.90 Å². The second-order valence-corrected chi connectivity index (χ2v) is 8.18. The number of carbonyl (C=O) groups is 1. The molecule has 1 aliphatic rings. The number of hydrogen-bond donors (Lipinski definition) is 2. The van der Waals surface area contributed by atoms with Gasteiger partial charge in [0.2, 0.25) is 5.91 Å². The van der Waals surface area contributed by atoms with Crippen LogP contribution in [0, 0.1) is 0 Å². The molecule has 1 aromatic rings. The van der Waals surface area contributed by atoms with Crippen LogP contribution in [0.25, 0.3) is 0 Å². The Balaban J connectivity index is 1.60. The first-order valence-electron chi connectivity index (χ1n) is 10.4. The minimum atomic E-state index is -0.613. The number of allylic oxidation sites excluding steroid dienone is 4. The van der Waals surface area contributed by atoms with E-state index in [0.29, 0.717) is 19.3 Å². The third-order valence-electron chi connectivity index (χ3n) is 5.00. The molecule has 4 nitrogen and oxygen atoms in total. The summed E-state index contributed by atoms with van der Waals surface area (Å²) in [6.45, 7) is 1.71. The second-order valence-electron chi connectivity index (χ2n) is 7.30. The van der Waals surface area contributed by atoms with E-state index in [9.17, 15) is 15.0 Å². The highest BCUT2D eigenvalue weighted by Crippen LogP contribution is 2.16. The van der Waals surface area contributed by atoms with Crippen molar-refractivity contribution in [1.29, 1.82) is 0 Å². The lowest BCUT2D eigenvalue weighted by Crippen LogP contribution is -2.28. The van der Waals surface area contributed by atoms with E-state index >= 15 is 0 Å². The Morgan fingerprint density at radius 3 is 2.17 bits per heavy atom. The lowest BCUT2D eigenvalue weighted by Gasteiger charge is -2.15. The number of benzene rings is 1. The van der Waals surface area contributed by atoms with Crippen molar-refractivity contribution in [2.45, 2.75) is 55.6 Å². The Labute approximate surface area is 179 Å². The molecule has 1 heterocycles. The fourth-order valence-corrected chi connectivity index (χ4v) is 3.62. The van der Waals surface area contributed by atoms with Crippen molar-refractivity contribution >= 4 is 17.7 Å². The molecule has 1 aromatic carbocycles. The number of hydrogen-bond acceptors (Lipinski definition) is 4. The highest BCUT2D eigenvalue weighted by Gasteiger charge is 2.17. The maximum absolute atomic E-state index is 11.9. The molecule has 0 spiro atoms.